The third-order valence-corrected chi connectivity index (χ3v) is 2.80. The highest BCUT2D eigenvalue weighted by Crippen LogP contribution is 2.28. The molecule has 0 atom stereocenters. The van der Waals surface area contributed by atoms with Crippen molar-refractivity contribution in [3.63, 3.8) is 0 Å². The van der Waals surface area contributed by atoms with Crippen molar-refractivity contribution in [2.24, 2.45) is 0 Å². The minimum absolute atomic E-state index is 0.0690. The van der Waals surface area contributed by atoms with Gasteiger partial charge in [0, 0.05) is 4.90 Å². The molecular formula is C10H8ClN3O2S. The van der Waals surface area contributed by atoms with Gasteiger partial charge in [-0.1, -0.05) is 6.07 Å². The van der Waals surface area contributed by atoms with Crippen molar-refractivity contribution in [2.45, 2.75) is 10.1 Å². The van der Waals surface area contributed by atoms with E-state index in [2.05, 4.69) is 15.0 Å². The third kappa shape index (κ3) is 3.21. The highest BCUT2D eigenvalue weighted by atomic mass is 35.5. The molecule has 0 unspecified atom stereocenters. The summed E-state index contributed by atoms with van der Waals surface area (Å²) >= 11 is 6.98. The minimum atomic E-state index is 0.0690. The number of aromatic nitrogens is 3. The van der Waals surface area contributed by atoms with E-state index in [0.717, 1.165) is 4.90 Å². The monoisotopic (exact) mass is 269 g/mol. The molecule has 0 fully saturated rings. The van der Waals surface area contributed by atoms with Gasteiger partial charge in [-0.2, -0.15) is 15.0 Å². The molecule has 0 amide bonds. The Labute approximate surface area is 107 Å². The van der Waals surface area contributed by atoms with Crippen molar-refractivity contribution in [1.82, 2.24) is 15.0 Å². The van der Waals surface area contributed by atoms with Crippen molar-refractivity contribution in [3.8, 4) is 11.8 Å². The molecule has 0 saturated heterocycles. The molecule has 0 aliphatic heterocycles. The van der Waals surface area contributed by atoms with Gasteiger partial charge in [0.25, 0.3) is 0 Å². The second-order valence-corrected chi connectivity index (χ2v) is 4.35. The minimum Gasteiger partial charge on any atom is -0.508 e. The zero-order valence-electron chi connectivity index (χ0n) is 8.79. The molecule has 0 radical (unpaired) electrons. The summed E-state index contributed by atoms with van der Waals surface area (Å²) in [7, 11) is 1.45. The van der Waals surface area contributed by atoms with E-state index in [1.807, 2.05) is 6.07 Å². The Bertz CT molecular complexity index is 539. The van der Waals surface area contributed by atoms with Crippen molar-refractivity contribution < 1.29 is 9.84 Å². The zero-order chi connectivity index (χ0) is 12.3. The van der Waals surface area contributed by atoms with E-state index >= 15 is 0 Å². The molecule has 1 aromatic carbocycles. The zero-order valence-corrected chi connectivity index (χ0v) is 10.4. The number of nitrogens with zero attached hydrogens (tertiary/aromatic N) is 3. The van der Waals surface area contributed by atoms with Gasteiger partial charge in [0.05, 0.1) is 7.11 Å². The SMILES string of the molecule is COc1nc(Cl)nc(Sc2cccc(O)c2)n1. The molecule has 0 aliphatic rings. The van der Waals surface area contributed by atoms with Crippen molar-refractivity contribution >= 4 is 23.4 Å². The fraction of sp³-hybridized carbons (Fsp3) is 0.100. The summed E-state index contributed by atoms with van der Waals surface area (Å²) in [5.74, 6) is 0.183. The Morgan fingerprint density at radius 2 is 2.12 bits per heavy atom. The molecule has 17 heavy (non-hydrogen) atoms. The van der Waals surface area contributed by atoms with Crippen molar-refractivity contribution in [3.05, 3.63) is 29.5 Å². The summed E-state index contributed by atoms with van der Waals surface area (Å²) in [5.41, 5.74) is 0. The third-order valence-electron chi connectivity index (χ3n) is 1.78. The average molecular weight is 270 g/mol. The lowest BCUT2D eigenvalue weighted by molar-refractivity contribution is 0.373. The highest BCUT2D eigenvalue weighted by molar-refractivity contribution is 7.99. The van der Waals surface area contributed by atoms with Crippen LogP contribution in [0.2, 0.25) is 5.28 Å². The van der Waals surface area contributed by atoms with Crippen LogP contribution in [0.15, 0.2) is 34.3 Å². The maximum Gasteiger partial charge on any atom is 0.321 e. The number of rotatable bonds is 3. The summed E-state index contributed by atoms with van der Waals surface area (Å²) in [6.45, 7) is 0. The molecule has 0 aliphatic carbocycles. The highest BCUT2D eigenvalue weighted by Gasteiger charge is 2.07. The van der Waals surface area contributed by atoms with Crippen LogP contribution < -0.4 is 4.74 Å². The average Bonchev–Trinajstić information content (AvgIpc) is 2.28. The van der Waals surface area contributed by atoms with E-state index in [-0.39, 0.29) is 17.0 Å². The summed E-state index contributed by atoms with van der Waals surface area (Å²) in [4.78, 5) is 12.6. The van der Waals surface area contributed by atoms with E-state index in [0.29, 0.717) is 5.16 Å². The van der Waals surface area contributed by atoms with Crippen molar-refractivity contribution in [2.75, 3.05) is 7.11 Å². The lowest BCUT2D eigenvalue weighted by Gasteiger charge is -2.02. The first-order chi connectivity index (χ1) is 8.17. The fourth-order valence-corrected chi connectivity index (χ4v) is 2.10. The molecule has 88 valence electrons. The van der Waals surface area contributed by atoms with Crippen LogP contribution in [-0.2, 0) is 0 Å². The fourth-order valence-electron chi connectivity index (χ4n) is 1.10. The van der Waals surface area contributed by atoms with Crippen molar-refractivity contribution in [1.29, 1.82) is 0 Å². The number of methoxy groups -OCH3 is 1. The Morgan fingerprint density at radius 1 is 1.29 bits per heavy atom. The molecule has 2 aromatic rings. The first-order valence-corrected chi connectivity index (χ1v) is 5.79. The molecule has 0 bridgehead atoms. The lowest BCUT2D eigenvalue weighted by Crippen LogP contribution is -1.96. The van der Waals surface area contributed by atoms with Gasteiger partial charge in [0.1, 0.15) is 5.75 Å². The Kier molecular flexibility index (Phi) is 3.65. The normalized spacial score (nSPS) is 10.2. The summed E-state index contributed by atoms with van der Waals surface area (Å²) < 4.78 is 4.89. The van der Waals surface area contributed by atoms with Crippen LogP contribution in [0.1, 0.15) is 0 Å². The summed E-state index contributed by atoms with van der Waals surface area (Å²) in [5, 5.41) is 9.81. The molecule has 2 rings (SSSR count). The number of phenols is 1. The smallest absolute Gasteiger partial charge is 0.321 e. The van der Waals surface area contributed by atoms with Crippen LogP contribution >= 0.6 is 23.4 Å². The van der Waals surface area contributed by atoms with Gasteiger partial charge < -0.3 is 9.84 Å². The van der Waals surface area contributed by atoms with Gasteiger partial charge in [-0.25, -0.2) is 0 Å². The quantitative estimate of drug-likeness (QED) is 0.923. The number of benzene rings is 1. The van der Waals surface area contributed by atoms with Crippen LogP contribution in [0.3, 0.4) is 0 Å². The van der Waals surface area contributed by atoms with Gasteiger partial charge in [-0.15, -0.1) is 0 Å². The van der Waals surface area contributed by atoms with E-state index in [4.69, 9.17) is 16.3 Å². The van der Waals surface area contributed by atoms with Gasteiger partial charge in [-0.05, 0) is 41.6 Å². The van der Waals surface area contributed by atoms with E-state index in [9.17, 15) is 5.11 Å². The first-order valence-electron chi connectivity index (χ1n) is 4.60. The van der Waals surface area contributed by atoms with Gasteiger partial charge in [0.2, 0.25) is 5.28 Å². The first kappa shape index (κ1) is 11.9. The van der Waals surface area contributed by atoms with Crippen LogP contribution in [0.4, 0.5) is 0 Å². The van der Waals surface area contributed by atoms with Crippen LogP contribution in [0, 0.1) is 0 Å². The van der Waals surface area contributed by atoms with Gasteiger partial charge in [0.15, 0.2) is 5.16 Å². The molecule has 1 aromatic heterocycles. The summed E-state index contributed by atoms with van der Waals surface area (Å²) in [6, 6.07) is 6.92. The van der Waals surface area contributed by atoms with Crippen LogP contribution in [0.25, 0.3) is 0 Å². The van der Waals surface area contributed by atoms with Gasteiger partial charge in [-0.3, -0.25) is 0 Å². The predicted molar refractivity (Wildman–Crippen MR) is 63.6 cm³/mol. The molecule has 5 nitrogen and oxygen atoms in total. The lowest BCUT2D eigenvalue weighted by atomic mass is 10.3. The van der Waals surface area contributed by atoms with Crippen LogP contribution in [0.5, 0.6) is 11.8 Å². The Balaban J connectivity index is 2.26. The Morgan fingerprint density at radius 3 is 2.82 bits per heavy atom. The largest absolute Gasteiger partial charge is 0.508 e. The number of aromatic hydroxyl groups is 1. The van der Waals surface area contributed by atoms with E-state index < -0.39 is 0 Å². The molecule has 1 N–H and O–H groups in total. The topological polar surface area (TPSA) is 68.1 Å². The molecule has 1 heterocycles. The van der Waals surface area contributed by atoms with E-state index in [1.165, 1.54) is 18.9 Å². The molecule has 0 spiro atoms. The second-order valence-electron chi connectivity index (χ2n) is 2.97. The molecular weight excluding hydrogens is 262 g/mol. The van der Waals surface area contributed by atoms with E-state index in [1.54, 1.807) is 18.2 Å². The molecule has 7 heteroatoms. The molecule has 0 saturated carbocycles. The Hall–Kier alpha value is -1.53. The number of hydrogen-bond acceptors (Lipinski definition) is 6. The van der Waals surface area contributed by atoms with Gasteiger partial charge >= 0.3 is 6.01 Å². The second kappa shape index (κ2) is 5.20. The standard InChI is InChI=1S/C10H8ClN3O2S/c1-16-9-12-8(11)13-10(14-9)17-7-4-2-3-6(15)5-7/h2-5,15H,1H3. The number of ether oxygens (including phenoxy) is 1. The number of hydrogen-bond donors (Lipinski definition) is 1. The predicted octanol–water partition coefficient (Wildman–Crippen LogP) is 2.39. The summed E-state index contributed by atoms with van der Waals surface area (Å²) in [6.07, 6.45) is 0. The maximum absolute atomic E-state index is 9.33. The number of phenolic OH excluding ortho intramolecular Hbond substituents is 1. The van der Waals surface area contributed by atoms with Crippen LogP contribution in [-0.4, -0.2) is 27.2 Å². The maximum atomic E-state index is 9.33. The number of halogens is 1.